The molecule has 0 saturated carbocycles. The molecule has 0 aliphatic carbocycles. The number of ether oxygens (including phenoxy) is 1. The smallest absolute Gasteiger partial charge is 0.123 e. The molecule has 0 fully saturated rings. The van der Waals surface area contributed by atoms with E-state index in [0.29, 0.717) is 0 Å². The number of benzene rings is 1. The van der Waals surface area contributed by atoms with Crippen molar-refractivity contribution in [2.24, 2.45) is 0 Å². The van der Waals surface area contributed by atoms with Crippen LogP contribution in [0.5, 0.6) is 5.75 Å². The van der Waals surface area contributed by atoms with E-state index in [0.717, 1.165) is 25.3 Å². The Bertz CT molecular complexity index is 536. The molecule has 0 bridgehead atoms. The van der Waals surface area contributed by atoms with Crippen LogP contribution in [-0.4, -0.2) is 23.4 Å². The van der Waals surface area contributed by atoms with E-state index in [9.17, 15) is 0 Å². The molecular formula is C16H23N3O. The molecule has 108 valence electrons. The molecular weight excluding hydrogens is 250 g/mol. The summed E-state index contributed by atoms with van der Waals surface area (Å²) < 4.78 is 7.46. The number of nitrogens with zero attached hydrogens (tertiary/aromatic N) is 2. The Morgan fingerprint density at radius 3 is 2.80 bits per heavy atom. The van der Waals surface area contributed by atoms with Gasteiger partial charge in [-0.05, 0) is 31.5 Å². The maximum Gasteiger partial charge on any atom is 0.123 e. The molecule has 0 radical (unpaired) electrons. The van der Waals surface area contributed by atoms with Crippen molar-refractivity contribution in [2.75, 3.05) is 13.7 Å². The first-order valence-corrected chi connectivity index (χ1v) is 7.10. The van der Waals surface area contributed by atoms with Gasteiger partial charge in [0.15, 0.2) is 0 Å². The van der Waals surface area contributed by atoms with Crippen LogP contribution in [0.4, 0.5) is 0 Å². The van der Waals surface area contributed by atoms with Crippen molar-refractivity contribution in [2.45, 2.75) is 32.9 Å². The molecule has 1 N–H and O–H groups in total. The second-order valence-electron chi connectivity index (χ2n) is 4.99. The fourth-order valence-electron chi connectivity index (χ4n) is 2.30. The summed E-state index contributed by atoms with van der Waals surface area (Å²) in [5, 5.41) is 7.96. The molecule has 1 aromatic carbocycles. The predicted molar refractivity (Wildman–Crippen MR) is 81.0 cm³/mol. The Kier molecular flexibility index (Phi) is 5.18. The van der Waals surface area contributed by atoms with Crippen LogP contribution >= 0.6 is 0 Å². The van der Waals surface area contributed by atoms with Crippen molar-refractivity contribution >= 4 is 0 Å². The van der Waals surface area contributed by atoms with Crippen LogP contribution in [0.15, 0.2) is 36.7 Å². The zero-order chi connectivity index (χ0) is 14.4. The standard InChI is InChI=1S/C16H23N3O/c1-4-9-17-15(12-19-11-13(2)10-18-19)14-7-5-6-8-16(14)20-3/h5-8,10-11,15,17H,4,9,12H2,1-3H3. The maximum atomic E-state index is 5.48. The first-order valence-electron chi connectivity index (χ1n) is 7.10. The Balaban J connectivity index is 2.22. The van der Waals surface area contributed by atoms with E-state index >= 15 is 0 Å². The Labute approximate surface area is 120 Å². The number of rotatable bonds is 7. The van der Waals surface area contributed by atoms with Gasteiger partial charge in [0.05, 0.1) is 25.9 Å². The topological polar surface area (TPSA) is 39.1 Å². The van der Waals surface area contributed by atoms with E-state index in [-0.39, 0.29) is 6.04 Å². The lowest BCUT2D eigenvalue weighted by Crippen LogP contribution is -2.27. The van der Waals surface area contributed by atoms with Crippen molar-refractivity contribution in [1.29, 1.82) is 0 Å². The average Bonchev–Trinajstić information content (AvgIpc) is 2.88. The van der Waals surface area contributed by atoms with Gasteiger partial charge in [-0.2, -0.15) is 5.10 Å². The molecule has 0 saturated heterocycles. The van der Waals surface area contributed by atoms with Crippen molar-refractivity contribution in [3.05, 3.63) is 47.8 Å². The third-order valence-electron chi connectivity index (χ3n) is 3.29. The molecule has 0 aliphatic heterocycles. The zero-order valence-corrected chi connectivity index (χ0v) is 12.5. The van der Waals surface area contributed by atoms with E-state index in [2.05, 4.69) is 36.5 Å². The lowest BCUT2D eigenvalue weighted by Gasteiger charge is -2.21. The minimum absolute atomic E-state index is 0.199. The zero-order valence-electron chi connectivity index (χ0n) is 12.5. The van der Waals surface area contributed by atoms with E-state index in [1.54, 1.807) is 7.11 Å². The quantitative estimate of drug-likeness (QED) is 0.843. The van der Waals surface area contributed by atoms with Crippen molar-refractivity contribution < 1.29 is 4.74 Å². The molecule has 1 heterocycles. The van der Waals surface area contributed by atoms with Gasteiger partial charge in [0.1, 0.15) is 5.75 Å². The second kappa shape index (κ2) is 7.10. The van der Waals surface area contributed by atoms with Crippen LogP contribution in [0.2, 0.25) is 0 Å². The molecule has 1 unspecified atom stereocenters. The third kappa shape index (κ3) is 3.61. The number of nitrogens with one attached hydrogen (secondary N) is 1. The van der Waals surface area contributed by atoms with Crippen LogP contribution in [0.25, 0.3) is 0 Å². The van der Waals surface area contributed by atoms with E-state index in [4.69, 9.17) is 4.74 Å². The highest BCUT2D eigenvalue weighted by Gasteiger charge is 2.16. The normalized spacial score (nSPS) is 12.3. The number of para-hydroxylation sites is 1. The van der Waals surface area contributed by atoms with E-state index in [1.807, 2.05) is 29.1 Å². The summed E-state index contributed by atoms with van der Waals surface area (Å²) in [5.41, 5.74) is 2.36. The Hall–Kier alpha value is -1.81. The van der Waals surface area contributed by atoms with Gasteiger partial charge in [-0.3, -0.25) is 4.68 Å². The van der Waals surface area contributed by atoms with Crippen molar-refractivity contribution in [3.8, 4) is 5.75 Å². The average molecular weight is 273 g/mol. The molecule has 0 spiro atoms. The van der Waals surface area contributed by atoms with E-state index < -0.39 is 0 Å². The van der Waals surface area contributed by atoms with Gasteiger partial charge in [0.2, 0.25) is 0 Å². The highest BCUT2D eigenvalue weighted by molar-refractivity contribution is 5.35. The number of aromatic nitrogens is 2. The minimum Gasteiger partial charge on any atom is -0.496 e. The third-order valence-corrected chi connectivity index (χ3v) is 3.29. The summed E-state index contributed by atoms with van der Waals surface area (Å²) in [5.74, 6) is 0.921. The fraction of sp³-hybridized carbons (Fsp3) is 0.438. The molecule has 4 nitrogen and oxygen atoms in total. The van der Waals surface area contributed by atoms with Gasteiger partial charge in [0.25, 0.3) is 0 Å². The van der Waals surface area contributed by atoms with Crippen LogP contribution in [0.1, 0.15) is 30.5 Å². The summed E-state index contributed by atoms with van der Waals surface area (Å²) in [6.45, 7) is 6.00. The maximum absolute atomic E-state index is 5.48. The molecule has 1 atom stereocenters. The van der Waals surface area contributed by atoms with Gasteiger partial charge in [-0.15, -0.1) is 0 Å². The van der Waals surface area contributed by atoms with Gasteiger partial charge >= 0.3 is 0 Å². The highest BCUT2D eigenvalue weighted by atomic mass is 16.5. The molecule has 0 aliphatic rings. The van der Waals surface area contributed by atoms with Gasteiger partial charge < -0.3 is 10.1 Å². The lowest BCUT2D eigenvalue weighted by atomic mass is 10.1. The monoisotopic (exact) mass is 273 g/mol. The number of aryl methyl sites for hydroxylation is 1. The Morgan fingerprint density at radius 2 is 2.15 bits per heavy atom. The number of hydrogen-bond acceptors (Lipinski definition) is 3. The van der Waals surface area contributed by atoms with E-state index in [1.165, 1.54) is 11.1 Å². The molecule has 4 heteroatoms. The largest absolute Gasteiger partial charge is 0.496 e. The molecule has 2 aromatic rings. The van der Waals surface area contributed by atoms with Crippen LogP contribution in [0, 0.1) is 6.92 Å². The Morgan fingerprint density at radius 1 is 1.35 bits per heavy atom. The fourth-order valence-corrected chi connectivity index (χ4v) is 2.30. The summed E-state index contributed by atoms with van der Waals surface area (Å²) in [6.07, 6.45) is 5.05. The van der Waals surface area contributed by atoms with Crippen LogP contribution in [-0.2, 0) is 6.54 Å². The summed E-state index contributed by atoms with van der Waals surface area (Å²) in [7, 11) is 1.72. The van der Waals surface area contributed by atoms with Crippen molar-refractivity contribution in [3.63, 3.8) is 0 Å². The summed E-state index contributed by atoms with van der Waals surface area (Å²) in [4.78, 5) is 0. The first-order chi connectivity index (χ1) is 9.74. The molecule has 20 heavy (non-hydrogen) atoms. The van der Waals surface area contributed by atoms with Gasteiger partial charge in [-0.1, -0.05) is 25.1 Å². The number of methoxy groups -OCH3 is 1. The number of hydrogen-bond donors (Lipinski definition) is 1. The summed E-state index contributed by atoms with van der Waals surface area (Å²) >= 11 is 0. The lowest BCUT2D eigenvalue weighted by molar-refractivity contribution is 0.383. The molecule has 1 aromatic heterocycles. The van der Waals surface area contributed by atoms with Crippen molar-refractivity contribution in [1.82, 2.24) is 15.1 Å². The van der Waals surface area contributed by atoms with Crippen LogP contribution < -0.4 is 10.1 Å². The van der Waals surface area contributed by atoms with Gasteiger partial charge in [0, 0.05) is 11.8 Å². The summed E-state index contributed by atoms with van der Waals surface area (Å²) in [6, 6.07) is 8.36. The minimum atomic E-state index is 0.199. The molecule has 0 amide bonds. The highest BCUT2D eigenvalue weighted by Crippen LogP contribution is 2.25. The van der Waals surface area contributed by atoms with Gasteiger partial charge in [-0.25, -0.2) is 0 Å². The SMILES string of the molecule is CCCNC(Cn1cc(C)cn1)c1ccccc1OC. The predicted octanol–water partition coefficient (Wildman–Crippen LogP) is 2.94. The van der Waals surface area contributed by atoms with Crippen LogP contribution in [0.3, 0.4) is 0 Å². The molecule has 2 rings (SSSR count). The first kappa shape index (κ1) is 14.6. The second-order valence-corrected chi connectivity index (χ2v) is 4.99.